The first-order chi connectivity index (χ1) is 29.2. The fourth-order valence-corrected chi connectivity index (χ4v) is 9.36. The van der Waals surface area contributed by atoms with Gasteiger partial charge in [0.05, 0.1) is 0 Å². The summed E-state index contributed by atoms with van der Waals surface area (Å²) in [6.07, 6.45) is 0. The summed E-state index contributed by atoms with van der Waals surface area (Å²) in [4.78, 5) is 4.75. The Hall–Kier alpha value is -7.30. The van der Waals surface area contributed by atoms with Crippen molar-refractivity contribution < 1.29 is 8.83 Å². The third kappa shape index (κ3) is 5.74. The molecule has 11 aromatic rings. The summed E-state index contributed by atoms with van der Waals surface area (Å²) in [6, 6.07) is 57.3. The highest BCUT2D eigenvalue weighted by molar-refractivity contribution is 6.21. The van der Waals surface area contributed by atoms with Crippen molar-refractivity contribution in [3.63, 3.8) is 0 Å². The van der Waals surface area contributed by atoms with Crippen molar-refractivity contribution in [1.29, 1.82) is 0 Å². The van der Waals surface area contributed by atoms with Gasteiger partial charge in [0.1, 0.15) is 11.2 Å². The second-order valence-corrected chi connectivity index (χ2v) is 16.6. The van der Waals surface area contributed by atoms with Crippen molar-refractivity contribution in [3.8, 4) is 0 Å². The van der Waals surface area contributed by atoms with Gasteiger partial charge in [-0.3, -0.25) is 0 Å². The van der Waals surface area contributed by atoms with Crippen LogP contribution in [-0.2, 0) is 0 Å². The summed E-state index contributed by atoms with van der Waals surface area (Å²) in [5.74, 6) is 0. The van der Waals surface area contributed by atoms with E-state index in [0.29, 0.717) is 0 Å². The van der Waals surface area contributed by atoms with Gasteiger partial charge in [-0.2, -0.15) is 0 Å². The molecule has 0 amide bonds. The highest BCUT2D eigenvalue weighted by Gasteiger charge is 2.21. The minimum Gasteiger partial charge on any atom is -0.452 e. The number of hydrogen-bond acceptors (Lipinski definition) is 4. The van der Waals surface area contributed by atoms with E-state index >= 15 is 0 Å². The summed E-state index contributed by atoms with van der Waals surface area (Å²) in [7, 11) is 0. The Balaban J connectivity index is 1.04. The van der Waals surface area contributed by atoms with E-state index in [1.54, 1.807) is 0 Å². The van der Waals surface area contributed by atoms with E-state index in [1.165, 1.54) is 44.8 Å². The number of anilines is 6. The van der Waals surface area contributed by atoms with E-state index in [9.17, 15) is 0 Å². The topological polar surface area (TPSA) is 32.8 Å². The first-order valence-electron chi connectivity index (χ1n) is 20.7. The van der Waals surface area contributed by atoms with Gasteiger partial charge in [-0.05, 0) is 170 Å². The largest absolute Gasteiger partial charge is 0.452 e. The lowest BCUT2D eigenvalue weighted by Crippen LogP contribution is -2.12. The van der Waals surface area contributed by atoms with Crippen LogP contribution in [0.2, 0.25) is 0 Å². The predicted octanol–water partition coefficient (Wildman–Crippen LogP) is 16.6. The van der Waals surface area contributed by atoms with Crippen LogP contribution in [0.25, 0.3) is 65.4 Å². The zero-order valence-corrected chi connectivity index (χ0v) is 34.7. The molecule has 9 aromatic carbocycles. The lowest BCUT2D eigenvalue weighted by atomic mass is 10.0. The maximum atomic E-state index is 6.79. The molecule has 290 valence electrons. The molecule has 0 atom stereocenters. The Morgan fingerprint density at radius 3 is 1.15 bits per heavy atom. The van der Waals surface area contributed by atoms with Crippen molar-refractivity contribution in [3.05, 3.63) is 191 Å². The molecule has 0 radical (unpaired) electrons. The van der Waals surface area contributed by atoms with Crippen molar-refractivity contribution in [2.24, 2.45) is 0 Å². The van der Waals surface area contributed by atoms with Crippen LogP contribution in [0.15, 0.2) is 167 Å². The maximum Gasteiger partial charge on any atom is 0.178 e. The molecule has 0 spiro atoms. The molecular weight excluding hydrogens is 733 g/mol. The van der Waals surface area contributed by atoms with Crippen LogP contribution in [0.5, 0.6) is 0 Å². The van der Waals surface area contributed by atoms with E-state index in [-0.39, 0.29) is 0 Å². The number of furan rings is 2. The van der Waals surface area contributed by atoms with Crippen LogP contribution in [-0.4, -0.2) is 0 Å². The number of rotatable bonds is 6. The van der Waals surface area contributed by atoms with Crippen molar-refractivity contribution in [2.45, 2.75) is 41.5 Å². The Labute approximate surface area is 349 Å². The molecule has 4 heteroatoms. The number of benzene rings is 9. The molecular formula is C56H44N2O2. The standard InChI is InChI=1S/C56H44N2O2/c1-33-15-23-51(37(5)25-33)57(49-13-9-7-11-35(49)3)43-19-17-39-29-47-45-21-22-46-48-30-40-18-20-44(58(50-14-10-8-12-36(50)4)52-24-16-34(2)26-38(52)6)28-42(40)32-54(48)60-56(46)55(45)59-53(47)31-41(39)27-43/h7-32H,1-6H3. The van der Waals surface area contributed by atoms with Gasteiger partial charge in [0.15, 0.2) is 11.2 Å². The number of nitrogens with zero attached hydrogens (tertiary/aromatic N) is 2. The fraction of sp³-hybridized carbons (Fsp3) is 0.107. The summed E-state index contributed by atoms with van der Waals surface area (Å²) in [5, 5.41) is 8.81. The predicted molar refractivity (Wildman–Crippen MR) is 254 cm³/mol. The van der Waals surface area contributed by atoms with Gasteiger partial charge >= 0.3 is 0 Å². The first-order valence-corrected chi connectivity index (χ1v) is 20.7. The molecule has 2 heterocycles. The molecule has 2 aromatic heterocycles. The average Bonchev–Trinajstić information content (AvgIpc) is 3.79. The van der Waals surface area contributed by atoms with Gasteiger partial charge in [-0.1, -0.05) is 83.9 Å². The van der Waals surface area contributed by atoms with Gasteiger partial charge in [-0.15, -0.1) is 0 Å². The van der Waals surface area contributed by atoms with E-state index in [1.807, 2.05) is 0 Å². The van der Waals surface area contributed by atoms with Gasteiger partial charge in [0.2, 0.25) is 0 Å². The van der Waals surface area contributed by atoms with Crippen LogP contribution in [0.3, 0.4) is 0 Å². The number of fused-ring (bicyclic) bond motifs is 9. The molecule has 11 rings (SSSR count). The first kappa shape index (κ1) is 35.8. The Kier molecular flexibility index (Phi) is 8.15. The Morgan fingerprint density at radius 2 is 0.733 bits per heavy atom. The highest BCUT2D eigenvalue weighted by Crippen LogP contribution is 2.45. The van der Waals surface area contributed by atoms with E-state index in [0.717, 1.165) is 88.2 Å². The monoisotopic (exact) mass is 776 g/mol. The van der Waals surface area contributed by atoms with Gasteiger partial charge in [-0.25, -0.2) is 0 Å². The quantitative estimate of drug-likeness (QED) is 0.168. The van der Waals surface area contributed by atoms with E-state index in [4.69, 9.17) is 8.83 Å². The minimum absolute atomic E-state index is 0.774. The second kappa shape index (κ2) is 13.6. The van der Waals surface area contributed by atoms with Gasteiger partial charge in [0, 0.05) is 55.7 Å². The van der Waals surface area contributed by atoms with Crippen molar-refractivity contribution in [1.82, 2.24) is 0 Å². The molecule has 0 N–H and O–H groups in total. The molecule has 0 aliphatic heterocycles. The molecule has 0 saturated carbocycles. The zero-order valence-electron chi connectivity index (χ0n) is 34.7. The van der Waals surface area contributed by atoms with Gasteiger partial charge < -0.3 is 18.6 Å². The third-order valence-corrected chi connectivity index (χ3v) is 12.4. The van der Waals surface area contributed by atoms with Crippen molar-refractivity contribution in [2.75, 3.05) is 9.80 Å². The molecule has 0 unspecified atom stereocenters. The fourth-order valence-electron chi connectivity index (χ4n) is 9.36. The number of para-hydroxylation sites is 2. The minimum atomic E-state index is 0.774. The second-order valence-electron chi connectivity index (χ2n) is 16.6. The molecule has 0 aliphatic carbocycles. The Morgan fingerprint density at radius 1 is 0.317 bits per heavy atom. The lowest BCUT2D eigenvalue weighted by Gasteiger charge is -2.29. The zero-order chi connectivity index (χ0) is 40.8. The summed E-state index contributed by atoms with van der Waals surface area (Å²) >= 11 is 0. The maximum absolute atomic E-state index is 6.79. The average molecular weight is 777 g/mol. The lowest BCUT2D eigenvalue weighted by molar-refractivity contribution is 0.634. The normalized spacial score (nSPS) is 11.8. The number of aryl methyl sites for hydroxylation is 6. The number of hydrogen-bond donors (Lipinski definition) is 0. The van der Waals surface area contributed by atoms with E-state index in [2.05, 4.69) is 209 Å². The SMILES string of the molecule is Cc1ccc(N(c2ccc3cc4c(cc3c2)oc2c4ccc3c4cc5ccc(N(c6ccccc6C)c6ccc(C)cc6C)cc5cc4oc32)c2ccccc2C)c(C)c1. The Bertz CT molecular complexity index is 3300. The van der Waals surface area contributed by atoms with E-state index < -0.39 is 0 Å². The summed E-state index contributed by atoms with van der Waals surface area (Å²) < 4.78 is 13.6. The smallest absolute Gasteiger partial charge is 0.178 e. The van der Waals surface area contributed by atoms with Crippen molar-refractivity contribution >= 4 is 99.5 Å². The molecule has 0 saturated heterocycles. The highest BCUT2D eigenvalue weighted by atomic mass is 16.4. The molecule has 0 aliphatic rings. The molecule has 0 fully saturated rings. The van der Waals surface area contributed by atoms with Crippen LogP contribution in [0.1, 0.15) is 33.4 Å². The van der Waals surface area contributed by atoms with Crippen LogP contribution >= 0.6 is 0 Å². The molecule has 0 bridgehead atoms. The summed E-state index contributed by atoms with van der Waals surface area (Å²) in [5.41, 5.74) is 17.5. The third-order valence-electron chi connectivity index (χ3n) is 12.4. The van der Waals surface area contributed by atoms with Crippen LogP contribution < -0.4 is 9.80 Å². The summed E-state index contributed by atoms with van der Waals surface area (Å²) in [6.45, 7) is 13.0. The van der Waals surface area contributed by atoms with Crippen LogP contribution in [0, 0.1) is 41.5 Å². The molecule has 4 nitrogen and oxygen atoms in total. The van der Waals surface area contributed by atoms with Crippen LogP contribution in [0.4, 0.5) is 34.1 Å². The molecule has 60 heavy (non-hydrogen) atoms. The van der Waals surface area contributed by atoms with Gasteiger partial charge in [0.25, 0.3) is 0 Å².